The fraction of sp³-hybridized carbons (Fsp3) is 0.947. The SMILES string of the molecule is CC12CC(=O)C3(CC(C)(C)N(OC4CCCCC4)C(C)(C3)CC3(C)CC4(CC(C)(C)N3OC3CCCCC3)OC(C)(CC4=O)C1)O2. The Bertz CT molecular complexity index is 1150. The largest absolute Gasteiger partial charge is 0.360 e. The van der Waals surface area contributed by atoms with Gasteiger partial charge in [0.05, 0.1) is 23.4 Å². The van der Waals surface area contributed by atoms with Crippen LogP contribution in [0.1, 0.15) is 171 Å². The van der Waals surface area contributed by atoms with Crippen molar-refractivity contribution in [3.63, 3.8) is 0 Å². The van der Waals surface area contributed by atoms with Crippen molar-refractivity contribution in [2.45, 2.75) is 228 Å². The number of Topliss-reactive ketones (excluding diaryl/α,β-unsaturated/α-hetero) is 2. The summed E-state index contributed by atoms with van der Waals surface area (Å²) in [5.41, 5.74) is -5.23. The lowest BCUT2D eigenvalue weighted by Gasteiger charge is -2.64. The molecule has 7 fully saturated rings. The molecule has 6 atom stereocenters. The highest BCUT2D eigenvalue weighted by Gasteiger charge is 2.71. The number of fused-ring (bicyclic) bond motifs is 4. The van der Waals surface area contributed by atoms with Crippen molar-refractivity contribution in [3.8, 4) is 0 Å². The van der Waals surface area contributed by atoms with Crippen LogP contribution in [0.2, 0.25) is 0 Å². The molecule has 8 nitrogen and oxygen atoms in total. The third-order valence-electron chi connectivity index (χ3n) is 12.9. The summed E-state index contributed by atoms with van der Waals surface area (Å²) in [5, 5.41) is 4.61. The molecule has 0 N–H and O–H groups in total. The van der Waals surface area contributed by atoms with Crippen LogP contribution in [0.25, 0.3) is 0 Å². The molecular formula is C38H62N2O6. The van der Waals surface area contributed by atoms with Gasteiger partial charge in [0.25, 0.3) is 0 Å². The van der Waals surface area contributed by atoms with Crippen molar-refractivity contribution < 1.29 is 28.7 Å². The first-order valence-electron chi connectivity index (χ1n) is 18.7. The molecule has 2 aliphatic carbocycles. The van der Waals surface area contributed by atoms with Crippen molar-refractivity contribution >= 4 is 11.6 Å². The minimum atomic E-state index is -0.912. The molecule has 0 amide bonds. The standard InChI is InChI=1S/C38H62N2O6/c1-31(2)21-37-24-33(5,39(31)43-27-15-11-9-12-16-27)23-34(6)25-38(22-32(3,4)40(34)44-28-17-13-10-14-18-28)30(42)20-36(8,46-38)26-35(7,45-37)19-29(37)41/h27-28H,9-26H2,1-8H3. The molecule has 2 saturated carbocycles. The second kappa shape index (κ2) is 10.8. The molecule has 7 rings (SSSR count). The van der Waals surface area contributed by atoms with E-state index >= 15 is 0 Å². The molecule has 5 aliphatic heterocycles. The number of piperidine rings is 2. The molecule has 6 unspecified atom stereocenters. The molecule has 5 saturated heterocycles. The van der Waals surface area contributed by atoms with E-state index in [1.54, 1.807) is 0 Å². The molecule has 46 heavy (non-hydrogen) atoms. The number of hydroxylamine groups is 4. The monoisotopic (exact) mass is 642 g/mol. The van der Waals surface area contributed by atoms with Gasteiger partial charge in [-0.2, -0.15) is 10.1 Å². The van der Waals surface area contributed by atoms with Crippen LogP contribution in [0.4, 0.5) is 0 Å². The third-order valence-corrected chi connectivity index (χ3v) is 12.9. The lowest BCUT2D eigenvalue weighted by Crippen LogP contribution is -2.74. The molecule has 8 heteroatoms. The number of carbonyl (C=O) groups is 2. The van der Waals surface area contributed by atoms with E-state index in [1.807, 2.05) is 0 Å². The third kappa shape index (κ3) is 5.57. The van der Waals surface area contributed by atoms with Crippen LogP contribution in [0.5, 0.6) is 0 Å². The van der Waals surface area contributed by atoms with E-state index in [0.29, 0.717) is 51.4 Å². The van der Waals surface area contributed by atoms with E-state index in [0.717, 1.165) is 25.7 Å². The topological polar surface area (TPSA) is 77.5 Å². The molecule has 0 aromatic heterocycles. The molecule has 0 aromatic rings. The highest BCUT2D eigenvalue weighted by atomic mass is 16.7. The Kier molecular flexibility index (Phi) is 7.89. The fourth-order valence-corrected chi connectivity index (χ4v) is 12.4. The summed E-state index contributed by atoms with van der Waals surface area (Å²) in [6.07, 6.45) is 16.1. The van der Waals surface area contributed by atoms with Crippen LogP contribution in [-0.2, 0) is 28.7 Å². The summed E-state index contributed by atoms with van der Waals surface area (Å²) >= 11 is 0. The molecular weight excluding hydrogens is 580 g/mol. The quantitative estimate of drug-likeness (QED) is 0.311. The Morgan fingerprint density at radius 1 is 0.522 bits per heavy atom. The lowest BCUT2D eigenvalue weighted by molar-refractivity contribution is -0.367. The van der Waals surface area contributed by atoms with E-state index in [2.05, 4.69) is 65.5 Å². The van der Waals surface area contributed by atoms with Gasteiger partial charge in [-0.1, -0.05) is 38.5 Å². The molecule has 2 spiro atoms. The van der Waals surface area contributed by atoms with Crippen LogP contribution in [0.15, 0.2) is 0 Å². The van der Waals surface area contributed by atoms with Crippen LogP contribution in [0.3, 0.4) is 0 Å². The number of ketones is 2. The summed E-state index contributed by atoms with van der Waals surface area (Å²) in [6.45, 7) is 17.8. The van der Waals surface area contributed by atoms with Gasteiger partial charge in [-0.15, -0.1) is 0 Å². The zero-order valence-corrected chi connectivity index (χ0v) is 30.2. The van der Waals surface area contributed by atoms with Gasteiger partial charge >= 0.3 is 0 Å². The molecule has 0 radical (unpaired) electrons. The Morgan fingerprint density at radius 3 is 1.26 bits per heavy atom. The lowest BCUT2D eigenvalue weighted by atomic mass is 9.62. The minimum absolute atomic E-state index is 0.169. The maximum absolute atomic E-state index is 14.4. The van der Waals surface area contributed by atoms with E-state index in [9.17, 15) is 9.59 Å². The summed E-state index contributed by atoms with van der Waals surface area (Å²) in [6, 6.07) is 0. The normalized spacial score (nSPS) is 47.0. The van der Waals surface area contributed by atoms with E-state index in [-0.39, 0.29) is 23.8 Å². The van der Waals surface area contributed by atoms with Gasteiger partial charge in [0, 0.05) is 67.1 Å². The fourth-order valence-electron chi connectivity index (χ4n) is 12.4. The smallest absolute Gasteiger partial charge is 0.167 e. The number of rotatable bonds is 4. The molecule has 7 aliphatic rings. The summed E-state index contributed by atoms with van der Waals surface area (Å²) < 4.78 is 14.3. The maximum Gasteiger partial charge on any atom is 0.167 e. The zero-order chi connectivity index (χ0) is 33.0. The predicted molar refractivity (Wildman–Crippen MR) is 176 cm³/mol. The van der Waals surface area contributed by atoms with Crippen LogP contribution in [-0.4, -0.2) is 78.5 Å². The first-order chi connectivity index (χ1) is 21.3. The van der Waals surface area contributed by atoms with E-state index < -0.39 is 44.6 Å². The zero-order valence-electron chi connectivity index (χ0n) is 30.2. The van der Waals surface area contributed by atoms with Gasteiger partial charge in [0.15, 0.2) is 11.6 Å². The first kappa shape index (κ1) is 33.6. The van der Waals surface area contributed by atoms with Gasteiger partial charge in [-0.25, -0.2) is 0 Å². The number of hydrogen-bond donors (Lipinski definition) is 0. The Hall–Kier alpha value is -0.900. The van der Waals surface area contributed by atoms with Crippen molar-refractivity contribution in [1.29, 1.82) is 0 Å². The number of nitrogens with zero attached hydrogens (tertiary/aromatic N) is 2. The van der Waals surface area contributed by atoms with Gasteiger partial charge in [0.2, 0.25) is 0 Å². The Morgan fingerprint density at radius 2 is 0.891 bits per heavy atom. The number of hydrogen-bond acceptors (Lipinski definition) is 8. The average molecular weight is 643 g/mol. The van der Waals surface area contributed by atoms with Crippen molar-refractivity contribution in [2.75, 3.05) is 0 Å². The van der Waals surface area contributed by atoms with Gasteiger partial charge in [-0.05, 0) is 87.5 Å². The second-order valence-corrected chi connectivity index (χ2v) is 19.3. The summed E-state index contributed by atoms with van der Waals surface area (Å²) in [5.74, 6) is 0.384. The van der Waals surface area contributed by atoms with Crippen LogP contribution >= 0.6 is 0 Å². The highest BCUT2D eigenvalue weighted by molar-refractivity contribution is 5.92. The second-order valence-electron chi connectivity index (χ2n) is 19.3. The van der Waals surface area contributed by atoms with Crippen molar-refractivity contribution in [3.05, 3.63) is 0 Å². The molecule has 5 heterocycles. The molecule has 260 valence electrons. The molecule has 6 bridgehead atoms. The van der Waals surface area contributed by atoms with Crippen molar-refractivity contribution in [1.82, 2.24) is 10.1 Å². The average Bonchev–Trinajstić information content (AvgIpc) is 3.29. The Labute approximate surface area is 277 Å². The van der Waals surface area contributed by atoms with Gasteiger partial charge in [0.1, 0.15) is 11.2 Å². The highest BCUT2D eigenvalue weighted by Crippen LogP contribution is 2.61. The van der Waals surface area contributed by atoms with E-state index in [1.165, 1.54) is 38.5 Å². The van der Waals surface area contributed by atoms with Crippen LogP contribution < -0.4 is 0 Å². The maximum atomic E-state index is 14.4. The van der Waals surface area contributed by atoms with Crippen LogP contribution in [0, 0.1) is 0 Å². The van der Waals surface area contributed by atoms with Crippen molar-refractivity contribution in [2.24, 2.45) is 0 Å². The van der Waals surface area contributed by atoms with Gasteiger partial charge < -0.3 is 9.47 Å². The Balaban J connectivity index is 1.37. The summed E-state index contributed by atoms with van der Waals surface area (Å²) in [4.78, 5) is 43.1. The summed E-state index contributed by atoms with van der Waals surface area (Å²) in [7, 11) is 0. The number of carbonyl (C=O) groups excluding carboxylic acids is 2. The first-order valence-corrected chi connectivity index (χ1v) is 18.7. The molecule has 0 aromatic carbocycles. The van der Waals surface area contributed by atoms with Gasteiger partial charge in [-0.3, -0.25) is 19.3 Å². The minimum Gasteiger partial charge on any atom is -0.360 e. The predicted octanol–water partition coefficient (Wildman–Crippen LogP) is 7.55. The number of ether oxygens (including phenoxy) is 2. The van der Waals surface area contributed by atoms with E-state index in [4.69, 9.17) is 19.1 Å².